The highest BCUT2D eigenvalue weighted by Crippen LogP contribution is 2.19. The first-order chi connectivity index (χ1) is 14.2. The van der Waals surface area contributed by atoms with E-state index in [0.29, 0.717) is 11.3 Å². The molecule has 1 aromatic heterocycles. The molecule has 0 radical (unpaired) electrons. The molecule has 0 fully saturated rings. The molecule has 5 nitrogen and oxygen atoms in total. The first kappa shape index (κ1) is 20.3. The first-order valence-electron chi connectivity index (χ1n) is 9.74. The summed E-state index contributed by atoms with van der Waals surface area (Å²) in [4.78, 5) is 20.4. The highest BCUT2D eigenvalue weighted by molar-refractivity contribution is 5.90. The predicted octanol–water partition coefficient (Wildman–Crippen LogP) is 5.62. The van der Waals surface area contributed by atoms with Gasteiger partial charge in [0.25, 0.3) is 0 Å². The molecule has 5 heteroatoms. The number of unbranched alkanes of at least 4 members (excludes halogenated alkanes) is 2. The lowest BCUT2D eigenvalue weighted by molar-refractivity contribution is 0.0734. The van der Waals surface area contributed by atoms with E-state index in [4.69, 9.17) is 9.47 Å². The van der Waals surface area contributed by atoms with Gasteiger partial charge in [0.15, 0.2) is 0 Å². The number of carbonyl (C=O) groups excluding carboxylic acids is 1. The molecule has 0 aliphatic rings. The molecule has 0 aliphatic carbocycles. The maximum absolute atomic E-state index is 12.0. The van der Waals surface area contributed by atoms with Crippen LogP contribution in [0.2, 0.25) is 0 Å². The number of hydrogen-bond donors (Lipinski definition) is 0. The fraction of sp³-hybridized carbons (Fsp3) is 0.208. The molecule has 1 heterocycles. The van der Waals surface area contributed by atoms with Crippen LogP contribution in [0.4, 0.5) is 5.69 Å². The Hall–Kier alpha value is -3.47. The molecule has 0 spiro atoms. The summed E-state index contributed by atoms with van der Waals surface area (Å²) in [7, 11) is 0. The van der Waals surface area contributed by atoms with Gasteiger partial charge >= 0.3 is 5.97 Å². The largest absolute Gasteiger partial charge is 0.494 e. The van der Waals surface area contributed by atoms with Crippen molar-refractivity contribution in [3.63, 3.8) is 0 Å². The molecule has 148 valence electrons. The van der Waals surface area contributed by atoms with E-state index in [-0.39, 0.29) is 0 Å². The van der Waals surface area contributed by atoms with Crippen molar-refractivity contribution < 1.29 is 14.3 Å². The van der Waals surface area contributed by atoms with Crippen molar-refractivity contribution in [2.45, 2.75) is 26.2 Å². The minimum atomic E-state index is -0.439. The zero-order valence-corrected chi connectivity index (χ0v) is 16.5. The van der Waals surface area contributed by atoms with E-state index in [1.807, 2.05) is 24.3 Å². The monoisotopic (exact) mass is 388 g/mol. The molecule has 0 bridgehead atoms. The van der Waals surface area contributed by atoms with Crippen molar-refractivity contribution in [1.82, 2.24) is 4.98 Å². The highest BCUT2D eigenvalue weighted by Gasteiger charge is 2.07. The smallest absolute Gasteiger partial charge is 0.345 e. The van der Waals surface area contributed by atoms with Crippen molar-refractivity contribution in [2.75, 3.05) is 6.61 Å². The number of esters is 1. The van der Waals surface area contributed by atoms with Gasteiger partial charge in [-0.05, 0) is 72.6 Å². The van der Waals surface area contributed by atoms with Crippen LogP contribution < -0.4 is 9.47 Å². The average Bonchev–Trinajstić information content (AvgIpc) is 2.78. The Morgan fingerprint density at radius 2 is 1.76 bits per heavy atom. The molecule has 2 aromatic carbocycles. The number of rotatable bonds is 9. The number of aromatic nitrogens is 1. The Kier molecular flexibility index (Phi) is 7.52. The summed E-state index contributed by atoms with van der Waals surface area (Å²) in [5.41, 5.74) is 2.16. The zero-order chi connectivity index (χ0) is 20.3. The van der Waals surface area contributed by atoms with Crippen LogP contribution in [0.25, 0.3) is 0 Å². The summed E-state index contributed by atoms with van der Waals surface area (Å²) in [6.07, 6.45) is 8.32. The Balaban J connectivity index is 1.52. The minimum Gasteiger partial charge on any atom is -0.494 e. The summed E-state index contributed by atoms with van der Waals surface area (Å²) in [5.74, 6) is 0.895. The summed E-state index contributed by atoms with van der Waals surface area (Å²) in [5, 5.41) is 0. The van der Waals surface area contributed by atoms with Gasteiger partial charge in [0.1, 0.15) is 11.5 Å². The molecular formula is C24H24N2O3. The summed E-state index contributed by atoms with van der Waals surface area (Å²) < 4.78 is 11.0. The van der Waals surface area contributed by atoms with E-state index >= 15 is 0 Å². The molecule has 0 aliphatic heterocycles. The summed E-state index contributed by atoms with van der Waals surface area (Å²) in [6, 6.07) is 18.2. The normalized spacial score (nSPS) is 10.8. The number of pyridine rings is 1. The van der Waals surface area contributed by atoms with Gasteiger partial charge in [-0.1, -0.05) is 19.8 Å². The highest BCUT2D eigenvalue weighted by atomic mass is 16.5. The van der Waals surface area contributed by atoms with Crippen molar-refractivity contribution in [1.29, 1.82) is 0 Å². The van der Waals surface area contributed by atoms with Crippen LogP contribution in [0.5, 0.6) is 11.5 Å². The minimum absolute atomic E-state index is 0.410. The van der Waals surface area contributed by atoms with Gasteiger partial charge < -0.3 is 9.47 Å². The fourth-order valence-corrected chi connectivity index (χ4v) is 2.59. The van der Waals surface area contributed by atoms with Crippen LogP contribution in [0, 0.1) is 0 Å². The average molecular weight is 388 g/mol. The van der Waals surface area contributed by atoms with Crippen LogP contribution in [0.3, 0.4) is 0 Å². The number of nitrogens with zero attached hydrogens (tertiary/aromatic N) is 2. The van der Waals surface area contributed by atoms with Crippen LogP contribution in [0.1, 0.15) is 42.1 Å². The van der Waals surface area contributed by atoms with Crippen molar-refractivity contribution in [3.8, 4) is 11.5 Å². The fourth-order valence-electron chi connectivity index (χ4n) is 2.59. The van der Waals surface area contributed by atoms with Crippen molar-refractivity contribution in [3.05, 3.63) is 84.2 Å². The second-order valence-electron chi connectivity index (χ2n) is 6.51. The lowest BCUT2D eigenvalue weighted by atomic mass is 10.2. The molecule has 29 heavy (non-hydrogen) atoms. The van der Waals surface area contributed by atoms with Crippen LogP contribution >= 0.6 is 0 Å². The third-order valence-electron chi connectivity index (χ3n) is 4.20. The van der Waals surface area contributed by atoms with Gasteiger partial charge in [-0.25, -0.2) is 4.79 Å². The van der Waals surface area contributed by atoms with Gasteiger partial charge in [-0.2, -0.15) is 0 Å². The molecule has 0 amide bonds. The van der Waals surface area contributed by atoms with E-state index in [9.17, 15) is 4.79 Å². The van der Waals surface area contributed by atoms with Gasteiger partial charge in [0.05, 0.1) is 17.9 Å². The topological polar surface area (TPSA) is 60.8 Å². The number of hydrogen-bond acceptors (Lipinski definition) is 5. The Morgan fingerprint density at radius 1 is 1.00 bits per heavy atom. The molecular weight excluding hydrogens is 364 g/mol. The quantitative estimate of drug-likeness (QED) is 0.207. The first-order valence-corrected chi connectivity index (χ1v) is 9.74. The zero-order valence-electron chi connectivity index (χ0n) is 16.5. The third kappa shape index (κ3) is 6.57. The van der Waals surface area contributed by atoms with Gasteiger partial charge in [-0.3, -0.25) is 9.98 Å². The molecule has 0 saturated heterocycles. The predicted molar refractivity (Wildman–Crippen MR) is 114 cm³/mol. The van der Waals surface area contributed by atoms with E-state index in [1.165, 1.54) is 19.0 Å². The summed E-state index contributed by atoms with van der Waals surface area (Å²) in [6.45, 7) is 2.93. The van der Waals surface area contributed by atoms with E-state index in [2.05, 4.69) is 16.9 Å². The number of aliphatic imine (C=N–C) groups is 1. The lowest BCUT2D eigenvalue weighted by Crippen LogP contribution is -2.08. The molecule has 3 rings (SSSR count). The van der Waals surface area contributed by atoms with Crippen molar-refractivity contribution in [2.24, 2.45) is 4.99 Å². The Labute approximate surface area is 171 Å². The molecule has 0 N–H and O–H groups in total. The van der Waals surface area contributed by atoms with E-state index in [1.54, 1.807) is 48.8 Å². The molecule has 0 atom stereocenters. The molecule has 3 aromatic rings. The number of benzene rings is 2. The SMILES string of the molecule is CCCCCOc1ccc(C=Nc2ccc(OC(=O)c3cccnc3)cc2)cc1. The molecule has 0 saturated carbocycles. The standard InChI is InChI=1S/C24H24N2O3/c1-2-3-4-16-28-22-11-7-19(8-12-22)17-26-21-9-13-23(14-10-21)29-24(27)20-6-5-15-25-18-20/h5-15,17-18H,2-4,16H2,1H3. The Bertz CT molecular complexity index is 921. The second kappa shape index (κ2) is 10.8. The van der Waals surface area contributed by atoms with Crippen LogP contribution in [0.15, 0.2) is 78.0 Å². The van der Waals surface area contributed by atoms with Gasteiger partial charge in [0, 0.05) is 18.6 Å². The van der Waals surface area contributed by atoms with Crippen LogP contribution in [-0.4, -0.2) is 23.8 Å². The Morgan fingerprint density at radius 3 is 2.45 bits per heavy atom. The van der Waals surface area contributed by atoms with Crippen molar-refractivity contribution >= 4 is 17.9 Å². The maximum Gasteiger partial charge on any atom is 0.345 e. The van der Waals surface area contributed by atoms with Gasteiger partial charge in [-0.15, -0.1) is 0 Å². The lowest BCUT2D eigenvalue weighted by Gasteiger charge is -2.05. The summed E-state index contributed by atoms with van der Waals surface area (Å²) >= 11 is 0. The van der Waals surface area contributed by atoms with E-state index in [0.717, 1.165) is 30.0 Å². The van der Waals surface area contributed by atoms with Crippen LogP contribution in [-0.2, 0) is 0 Å². The third-order valence-corrected chi connectivity index (χ3v) is 4.20. The second-order valence-corrected chi connectivity index (χ2v) is 6.51. The molecule has 0 unspecified atom stereocenters. The number of carbonyl (C=O) groups is 1. The maximum atomic E-state index is 12.0. The van der Waals surface area contributed by atoms with E-state index < -0.39 is 5.97 Å². The van der Waals surface area contributed by atoms with Gasteiger partial charge in [0.2, 0.25) is 0 Å². The number of ether oxygens (including phenoxy) is 2.